The Bertz CT molecular complexity index is 1250. The van der Waals surface area contributed by atoms with E-state index in [4.69, 9.17) is 41.2 Å². The number of nitrogens with two attached hydrogens (primary N) is 1. The van der Waals surface area contributed by atoms with Gasteiger partial charge in [-0.2, -0.15) is 5.10 Å². The third-order valence-corrected chi connectivity index (χ3v) is 6.01. The lowest BCUT2D eigenvalue weighted by Gasteiger charge is -2.09. The number of halogens is 2. The van der Waals surface area contributed by atoms with Crippen molar-refractivity contribution in [3.8, 4) is 0 Å². The third-order valence-electron chi connectivity index (χ3n) is 4.36. The minimum atomic E-state index is -0.643. The Balaban J connectivity index is 1.78. The molecule has 1 heterocycles. The van der Waals surface area contributed by atoms with E-state index in [9.17, 15) is 9.59 Å². The minimum absolute atomic E-state index is 0.130. The fourth-order valence-electron chi connectivity index (χ4n) is 2.82. The molecule has 34 heavy (non-hydrogen) atoms. The third kappa shape index (κ3) is 7.22. The fourth-order valence-corrected chi connectivity index (χ4v) is 4.32. The van der Waals surface area contributed by atoms with E-state index in [0.717, 1.165) is 11.3 Å². The molecule has 0 radical (unpaired) electrons. The van der Waals surface area contributed by atoms with Gasteiger partial charge in [0.1, 0.15) is 5.71 Å². The number of aryl methyl sites for hydroxylation is 2. The molecule has 0 aliphatic carbocycles. The molecule has 2 aromatic carbocycles. The lowest BCUT2D eigenvalue weighted by atomic mass is 10.1. The SMILES string of the molecule is Cc1ccc(Nc2nc(C)c(C(=O)C/C(=N\NC(N)=S)C(=O)Nc3cc(Cl)cc(Cl)c3)s2)cc1. The first-order valence-electron chi connectivity index (χ1n) is 9.84. The summed E-state index contributed by atoms with van der Waals surface area (Å²) in [4.78, 5) is 30.7. The molecule has 5 N–H and O–H groups in total. The first kappa shape index (κ1) is 25.6. The maximum Gasteiger partial charge on any atom is 0.272 e. The van der Waals surface area contributed by atoms with E-state index in [1.54, 1.807) is 6.92 Å². The molecule has 3 rings (SSSR count). The van der Waals surface area contributed by atoms with Gasteiger partial charge in [-0.25, -0.2) is 4.98 Å². The van der Waals surface area contributed by atoms with E-state index in [2.05, 4.69) is 26.1 Å². The number of thiocarbonyl (C=S) groups is 1. The summed E-state index contributed by atoms with van der Waals surface area (Å²) < 4.78 is 0. The van der Waals surface area contributed by atoms with E-state index in [0.29, 0.717) is 31.4 Å². The molecule has 12 heteroatoms. The maximum atomic E-state index is 13.0. The number of Topliss-reactive ketones (excluding diaryl/α,β-unsaturated/α-hetero) is 1. The number of benzene rings is 2. The van der Waals surface area contributed by atoms with E-state index in [-0.39, 0.29) is 23.0 Å². The molecule has 1 aromatic heterocycles. The van der Waals surface area contributed by atoms with Crippen LogP contribution in [-0.2, 0) is 4.79 Å². The molecular weight excluding hydrogens is 515 g/mol. The summed E-state index contributed by atoms with van der Waals surface area (Å²) >= 11 is 17.9. The summed E-state index contributed by atoms with van der Waals surface area (Å²) in [6, 6.07) is 12.3. The Morgan fingerprint density at radius 2 is 1.74 bits per heavy atom. The average Bonchev–Trinajstić information content (AvgIpc) is 3.11. The number of carbonyl (C=O) groups is 2. The number of aromatic nitrogens is 1. The van der Waals surface area contributed by atoms with Crippen molar-refractivity contribution >= 4 is 85.8 Å². The molecule has 0 aliphatic heterocycles. The molecule has 0 spiro atoms. The topological polar surface area (TPSA) is 122 Å². The normalized spacial score (nSPS) is 11.1. The molecule has 0 unspecified atom stereocenters. The Hall–Kier alpha value is -3.05. The quantitative estimate of drug-likeness (QED) is 0.135. The van der Waals surface area contributed by atoms with Crippen LogP contribution >= 0.6 is 46.8 Å². The fraction of sp³-hybridized carbons (Fsp3) is 0.136. The molecule has 3 aromatic rings. The molecule has 1 amide bonds. The van der Waals surface area contributed by atoms with Crippen molar-refractivity contribution in [2.24, 2.45) is 10.8 Å². The smallest absolute Gasteiger partial charge is 0.272 e. The Kier molecular flexibility index (Phi) is 8.56. The molecular formula is C22H20Cl2N6O2S2. The van der Waals surface area contributed by atoms with Gasteiger partial charge in [-0.05, 0) is 56.4 Å². The zero-order valence-electron chi connectivity index (χ0n) is 18.1. The van der Waals surface area contributed by atoms with Crippen molar-refractivity contribution in [2.75, 3.05) is 10.6 Å². The molecule has 0 saturated heterocycles. The molecule has 0 aliphatic rings. The van der Waals surface area contributed by atoms with Gasteiger partial charge in [-0.15, -0.1) is 0 Å². The number of hydrogen-bond acceptors (Lipinski definition) is 7. The number of hydrazone groups is 1. The van der Waals surface area contributed by atoms with Gasteiger partial charge in [0.05, 0.1) is 17.0 Å². The number of anilines is 3. The van der Waals surface area contributed by atoms with Gasteiger partial charge in [-0.3, -0.25) is 15.0 Å². The highest BCUT2D eigenvalue weighted by Crippen LogP contribution is 2.27. The Morgan fingerprint density at radius 1 is 1.09 bits per heavy atom. The van der Waals surface area contributed by atoms with Gasteiger partial charge in [-0.1, -0.05) is 52.2 Å². The lowest BCUT2D eigenvalue weighted by Crippen LogP contribution is -2.31. The molecule has 0 bridgehead atoms. The van der Waals surface area contributed by atoms with Gasteiger partial charge < -0.3 is 16.4 Å². The van der Waals surface area contributed by atoms with Crippen LogP contribution in [0.5, 0.6) is 0 Å². The second-order valence-electron chi connectivity index (χ2n) is 7.17. The monoisotopic (exact) mass is 534 g/mol. The van der Waals surface area contributed by atoms with Gasteiger partial charge in [0, 0.05) is 21.4 Å². The second kappa shape index (κ2) is 11.4. The maximum absolute atomic E-state index is 13.0. The Morgan fingerprint density at radius 3 is 2.35 bits per heavy atom. The largest absolute Gasteiger partial charge is 0.375 e. The van der Waals surface area contributed by atoms with Crippen molar-refractivity contribution in [1.82, 2.24) is 10.4 Å². The lowest BCUT2D eigenvalue weighted by molar-refractivity contribution is -0.110. The second-order valence-corrected chi connectivity index (χ2v) is 9.48. The van der Waals surface area contributed by atoms with Gasteiger partial charge >= 0.3 is 0 Å². The zero-order chi connectivity index (χ0) is 24.8. The summed E-state index contributed by atoms with van der Waals surface area (Å²) in [7, 11) is 0. The van der Waals surface area contributed by atoms with Crippen LogP contribution < -0.4 is 21.8 Å². The van der Waals surface area contributed by atoms with Crippen molar-refractivity contribution in [3.63, 3.8) is 0 Å². The predicted octanol–water partition coefficient (Wildman–Crippen LogP) is 5.21. The van der Waals surface area contributed by atoms with Crippen molar-refractivity contribution in [2.45, 2.75) is 20.3 Å². The molecule has 176 valence electrons. The highest BCUT2D eigenvalue weighted by atomic mass is 35.5. The zero-order valence-corrected chi connectivity index (χ0v) is 21.3. The number of ketones is 1. The van der Waals surface area contributed by atoms with Gasteiger partial charge in [0.2, 0.25) is 0 Å². The first-order valence-corrected chi connectivity index (χ1v) is 11.8. The summed E-state index contributed by atoms with van der Waals surface area (Å²) in [5, 5.41) is 10.8. The number of thiazole rings is 1. The number of nitrogens with zero attached hydrogens (tertiary/aromatic N) is 2. The van der Waals surface area contributed by atoms with Crippen LogP contribution in [-0.4, -0.2) is 27.5 Å². The summed E-state index contributed by atoms with van der Waals surface area (Å²) in [5.41, 5.74) is 10.5. The predicted molar refractivity (Wildman–Crippen MR) is 143 cm³/mol. The van der Waals surface area contributed by atoms with E-state index >= 15 is 0 Å². The van der Waals surface area contributed by atoms with E-state index in [1.807, 2.05) is 31.2 Å². The average molecular weight is 535 g/mol. The van der Waals surface area contributed by atoms with E-state index < -0.39 is 5.91 Å². The summed E-state index contributed by atoms with van der Waals surface area (Å²) in [5.74, 6) is -0.981. The van der Waals surface area contributed by atoms with Crippen molar-refractivity contribution in [3.05, 3.63) is 68.6 Å². The highest BCUT2D eigenvalue weighted by molar-refractivity contribution is 7.80. The standard InChI is InChI=1S/C22H20Cl2N6O2S2/c1-11-3-5-15(6-4-11)28-22-26-12(2)19(34-22)18(31)10-17(29-30-21(25)33)20(32)27-16-8-13(23)7-14(24)9-16/h3-9H,10H2,1-2H3,(H,26,28)(H,27,32)(H3,25,30,33)/b29-17+. The van der Waals surface area contributed by atoms with Crippen molar-refractivity contribution in [1.29, 1.82) is 0 Å². The summed E-state index contributed by atoms with van der Waals surface area (Å²) in [6.45, 7) is 3.72. The number of amides is 1. The van der Waals surface area contributed by atoms with Gasteiger partial charge in [0.25, 0.3) is 5.91 Å². The number of rotatable bonds is 8. The van der Waals surface area contributed by atoms with Crippen molar-refractivity contribution < 1.29 is 9.59 Å². The highest BCUT2D eigenvalue weighted by Gasteiger charge is 2.22. The van der Waals surface area contributed by atoms with E-state index in [1.165, 1.54) is 29.5 Å². The van der Waals surface area contributed by atoms with Crippen LogP contribution in [0.3, 0.4) is 0 Å². The minimum Gasteiger partial charge on any atom is -0.375 e. The van der Waals surface area contributed by atoms with Crippen LogP contribution in [0.4, 0.5) is 16.5 Å². The van der Waals surface area contributed by atoms with Crippen LogP contribution in [0.15, 0.2) is 47.6 Å². The van der Waals surface area contributed by atoms with Crippen LogP contribution in [0.2, 0.25) is 10.0 Å². The molecule has 8 nitrogen and oxygen atoms in total. The summed E-state index contributed by atoms with van der Waals surface area (Å²) in [6.07, 6.45) is -0.317. The number of nitrogens with one attached hydrogen (secondary N) is 3. The van der Waals surface area contributed by atoms with Crippen LogP contribution in [0, 0.1) is 13.8 Å². The Labute approximate surface area is 215 Å². The molecule has 0 atom stereocenters. The first-order chi connectivity index (χ1) is 16.1. The van der Waals surface area contributed by atoms with Crippen LogP contribution in [0.1, 0.15) is 27.3 Å². The van der Waals surface area contributed by atoms with Crippen LogP contribution in [0.25, 0.3) is 0 Å². The number of carbonyl (C=O) groups excluding carboxylic acids is 2. The number of hydrogen-bond donors (Lipinski definition) is 4. The van der Waals surface area contributed by atoms with Gasteiger partial charge in [0.15, 0.2) is 16.0 Å². The molecule has 0 saturated carbocycles. The molecule has 0 fully saturated rings.